The Balaban J connectivity index is 1.44. The van der Waals surface area contributed by atoms with Gasteiger partial charge in [-0.2, -0.15) is 0 Å². The molecule has 0 bridgehead atoms. The Morgan fingerprint density at radius 3 is 2.45 bits per heavy atom. The zero-order valence-corrected chi connectivity index (χ0v) is 19.7. The van der Waals surface area contributed by atoms with Crippen molar-refractivity contribution in [2.45, 2.75) is 68.8 Å². The number of amides is 3. The molecule has 1 saturated carbocycles. The van der Waals surface area contributed by atoms with Gasteiger partial charge in [0.25, 0.3) is 10.0 Å². The van der Waals surface area contributed by atoms with Crippen molar-refractivity contribution in [3.8, 4) is 0 Å². The molecule has 4 rings (SSSR count). The van der Waals surface area contributed by atoms with Crippen LogP contribution < -0.4 is 10.0 Å². The summed E-state index contributed by atoms with van der Waals surface area (Å²) in [5.41, 5.74) is 2.78. The van der Waals surface area contributed by atoms with Crippen molar-refractivity contribution in [2.75, 3.05) is 6.54 Å². The number of carbonyl (C=O) groups excluding carboxylic acids is 2. The molecule has 0 saturated heterocycles. The van der Waals surface area contributed by atoms with Gasteiger partial charge in [0.2, 0.25) is 5.91 Å². The second-order valence-electron chi connectivity index (χ2n) is 8.99. The molecule has 1 aliphatic carbocycles. The standard InChI is InChI=1S/C25H31N3O4S/c1-18(19-8-4-2-5-9-19)24(29)28-15-14-20-12-13-23(16-21(20)17-28)33(31,32)27-25(30)26-22-10-6-3-7-11-22/h2,4-5,8-9,12-13,16,18,22H,3,6-7,10-11,14-15,17H2,1H3,(H2,26,27,30). The molecular formula is C25H31N3O4S. The number of carbonyl (C=O) groups is 2. The highest BCUT2D eigenvalue weighted by Gasteiger charge is 2.27. The van der Waals surface area contributed by atoms with Gasteiger partial charge in [0.05, 0.1) is 10.8 Å². The molecule has 7 nitrogen and oxygen atoms in total. The molecule has 1 atom stereocenters. The Morgan fingerprint density at radius 2 is 1.73 bits per heavy atom. The topological polar surface area (TPSA) is 95.6 Å². The highest BCUT2D eigenvalue weighted by Crippen LogP contribution is 2.26. The van der Waals surface area contributed by atoms with E-state index in [9.17, 15) is 18.0 Å². The SMILES string of the molecule is CC(C(=O)N1CCc2ccc(S(=O)(=O)NC(=O)NC3CCCCC3)cc2C1)c1ccccc1. The van der Waals surface area contributed by atoms with Crippen LogP contribution in [0.15, 0.2) is 53.4 Å². The van der Waals surface area contributed by atoms with E-state index >= 15 is 0 Å². The van der Waals surface area contributed by atoms with Crippen molar-refractivity contribution < 1.29 is 18.0 Å². The summed E-state index contributed by atoms with van der Waals surface area (Å²) in [4.78, 5) is 27.2. The highest BCUT2D eigenvalue weighted by molar-refractivity contribution is 7.90. The smallest absolute Gasteiger partial charge is 0.328 e. The van der Waals surface area contributed by atoms with E-state index in [-0.39, 0.29) is 22.8 Å². The Hall–Kier alpha value is -2.87. The summed E-state index contributed by atoms with van der Waals surface area (Å²) in [6.45, 7) is 2.84. The molecule has 0 aromatic heterocycles. The van der Waals surface area contributed by atoms with E-state index in [1.807, 2.05) is 37.3 Å². The van der Waals surface area contributed by atoms with Crippen LogP contribution in [0.5, 0.6) is 0 Å². The second kappa shape index (κ2) is 9.95. The largest absolute Gasteiger partial charge is 0.338 e. The van der Waals surface area contributed by atoms with Crippen LogP contribution in [0, 0.1) is 0 Å². The van der Waals surface area contributed by atoms with E-state index in [2.05, 4.69) is 10.0 Å². The highest BCUT2D eigenvalue weighted by atomic mass is 32.2. The average Bonchev–Trinajstić information content (AvgIpc) is 2.83. The summed E-state index contributed by atoms with van der Waals surface area (Å²) in [6, 6.07) is 13.9. The Bertz CT molecular complexity index is 1110. The second-order valence-corrected chi connectivity index (χ2v) is 10.7. The third-order valence-corrected chi connectivity index (χ3v) is 7.98. The van der Waals surface area contributed by atoms with Gasteiger partial charge in [-0.3, -0.25) is 4.79 Å². The van der Waals surface area contributed by atoms with Gasteiger partial charge >= 0.3 is 6.03 Å². The van der Waals surface area contributed by atoms with Gasteiger partial charge in [-0.15, -0.1) is 0 Å². The summed E-state index contributed by atoms with van der Waals surface area (Å²) in [7, 11) is -4.01. The van der Waals surface area contributed by atoms with Gasteiger partial charge in [0.15, 0.2) is 0 Å². The minimum atomic E-state index is -4.01. The molecule has 8 heteroatoms. The van der Waals surface area contributed by atoms with Crippen molar-refractivity contribution in [3.63, 3.8) is 0 Å². The molecule has 2 aromatic carbocycles. The van der Waals surface area contributed by atoms with Crippen molar-refractivity contribution in [3.05, 3.63) is 65.2 Å². The summed E-state index contributed by atoms with van der Waals surface area (Å²) in [6.07, 6.45) is 5.64. The van der Waals surface area contributed by atoms with Crippen LogP contribution in [0.3, 0.4) is 0 Å². The lowest BCUT2D eigenvalue weighted by atomic mass is 9.96. The first-order chi connectivity index (χ1) is 15.8. The molecule has 1 aliphatic heterocycles. The van der Waals surface area contributed by atoms with Crippen LogP contribution in [-0.4, -0.2) is 37.8 Å². The summed E-state index contributed by atoms with van der Waals surface area (Å²) < 4.78 is 27.8. The normalized spacial score (nSPS) is 17.7. The van der Waals surface area contributed by atoms with Crippen molar-refractivity contribution >= 4 is 22.0 Å². The lowest BCUT2D eigenvalue weighted by molar-refractivity contribution is -0.133. The fourth-order valence-electron chi connectivity index (χ4n) is 4.69. The fraction of sp³-hybridized carbons (Fsp3) is 0.440. The van der Waals surface area contributed by atoms with Crippen LogP contribution in [0.1, 0.15) is 61.6 Å². The first-order valence-electron chi connectivity index (χ1n) is 11.6. The lowest BCUT2D eigenvalue weighted by Crippen LogP contribution is -2.45. The first kappa shape index (κ1) is 23.3. The van der Waals surface area contributed by atoms with Crippen LogP contribution >= 0.6 is 0 Å². The van der Waals surface area contributed by atoms with Crippen LogP contribution in [0.25, 0.3) is 0 Å². The minimum absolute atomic E-state index is 0.0173. The number of rotatable bonds is 5. The summed E-state index contributed by atoms with van der Waals surface area (Å²) in [5, 5.41) is 2.77. The van der Waals surface area contributed by atoms with Crippen LogP contribution in [0.4, 0.5) is 4.79 Å². The van der Waals surface area contributed by atoms with Crippen molar-refractivity contribution in [2.24, 2.45) is 0 Å². The molecule has 2 aliphatic rings. The van der Waals surface area contributed by atoms with E-state index in [0.29, 0.717) is 19.5 Å². The first-order valence-corrected chi connectivity index (χ1v) is 13.1. The zero-order chi connectivity index (χ0) is 23.4. The van der Waals surface area contributed by atoms with Crippen LogP contribution in [-0.2, 0) is 27.8 Å². The van der Waals surface area contributed by atoms with E-state index in [0.717, 1.165) is 48.8 Å². The minimum Gasteiger partial charge on any atom is -0.338 e. The summed E-state index contributed by atoms with van der Waals surface area (Å²) in [5.74, 6) is -0.255. The number of benzene rings is 2. The molecule has 1 fully saturated rings. The average molecular weight is 470 g/mol. The number of fused-ring (bicyclic) bond motifs is 1. The maximum absolute atomic E-state index is 13.1. The van der Waals surface area contributed by atoms with Gasteiger partial charge < -0.3 is 10.2 Å². The van der Waals surface area contributed by atoms with Crippen molar-refractivity contribution in [1.29, 1.82) is 0 Å². The molecule has 3 amide bonds. The number of hydrogen-bond acceptors (Lipinski definition) is 4. The fourth-order valence-corrected chi connectivity index (χ4v) is 5.66. The number of nitrogens with one attached hydrogen (secondary N) is 2. The van der Waals surface area contributed by atoms with Crippen molar-refractivity contribution in [1.82, 2.24) is 14.9 Å². The number of urea groups is 1. The predicted octanol–water partition coefficient (Wildman–Crippen LogP) is 3.70. The third-order valence-electron chi connectivity index (χ3n) is 6.65. The quantitative estimate of drug-likeness (QED) is 0.698. The predicted molar refractivity (Wildman–Crippen MR) is 126 cm³/mol. The van der Waals surface area contributed by atoms with Crippen LogP contribution in [0.2, 0.25) is 0 Å². The van der Waals surface area contributed by atoms with Gasteiger partial charge in [-0.25, -0.2) is 17.9 Å². The number of hydrogen-bond donors (Lipinski definition) is 2. The molecular weight excluding hydrogens is 438 g/mol. The van der Waals surface area contributed by atoms with E-state index in [4.69, 9.17) is 0 Å². The van der Waals surface area contributed by atoms with Gasteiger partial charge in [0, 0.05) is 19.1 Å². The Labute approximate surface area is 195 Å². The third kappa shape index (κ3) is 5.55. The maximum atomic E-state index is 13.1. The summed E-state index contributed by atoms with van der Waals surface area (Å²) >= 11 is 0. The Kier molecular flexibility index (Phi) is 7.02. The van der Waals surface area contributed by atoms with Gasteiger partial charge in [-0.1, -0.05) is 55.7 Å². The van der Waals surface area contributed by atoms with Gasteiger partial charge in [-0.05, 0) is 55.0 Å². The number of sulfonamides is 1. The lowest BCUT2D eigenvalue weighted by Gasteiger charge is -2.31. The monoisotopic (exact) mass is 469 g/mol. The molecule has 0 radical (unpaired) electrons. The molecule has 0 spiro atoms. The molecule has 2 N–H and O–H groups in total. The van der Waals surface area contributed by atoms with E-state index in [1.165, 1.54) is 6.07 Å². The molecule has 2 aromatic rings. The maximum Gasteiger partial charge on any atom is 0.328 e. The molecule has 1 unspecified atom stereocenters. The number of nitrogens with zero attached hydrogens (tertiary/aromatic N) is 1. The van der Waals surface area contributed by atoms with E-state index < -0.39 is 16.1 Å². The van der Waals surface area contributed by atoms with Gasteiger partial charge in [0.1, 0.15) is 0 Å². The van der Waals surface area contributed by atoms with E-state index in [1.54, 1.807) is 17.0 Å². The Morgan fingerprint density at radius 1 is 1.00 bits per heavy atom. The zero-order valence-electron chi connectivity index (χ0n) is 18.9. The molecule has 33 heavy (non-hydrogen) atoms. The molecule has 176 valence electrons. The molecule has 1 heterocycles.